The highest BCUT2D eigenvalue weighted by molar-refractivity contribution is 5.88. The smallest absolute Gasteiger partial charge is 0.335 e. The fourth-order valence-corrected chi connectivity index (χ4v) is 1.77. The Morgan fingerprint density at radius 2 is 1.89 bits per heavy atom. The van der Waals surface area contributed by atoms with Gasteiger partial charge < -0.3 is 15.5 Å². The summed E-state index contributed by atoms with van der Waals surface area (Å²) in [5, 5.41) is 21.0. The van der Waals surface area contributed by atoms with E-state index in [1.54, 1.807) is 6.92 Å². The topological polar surface area (TPSA) is 69.6 Å². The van der Waals surface area contributed by atoms with Gasteiger partial charge in [0.1, 0.15) is 17.3 Å². The lowest BCUT2D eigenvalue weighted by Crippen LogP contribution is -2.33. The van der Waals surface area contributed by atoms with Gasteiger partial charge >= 0.3 is 5.97 Å². The van der Waals surface area contributed by atoms with Gasteiger partial charge in [-0.15, -0.1) is 0 Å². The van der Waals surface area contributed by atoms with E-state index in [9.17, 15) is 18.7 Å². The summed E-state index contributed by atoms with van der Waals surface area (Å²) in [7, 11) is 0. The third-order valence-corrected chi connectivity index (χ3v) is 2.72. The minimum absolute atomic E-state index is 0.0267. The fourth-order valence-electron chi connectivity index (χ4n) is 1.77. The van der Waals surface area contributed by atoms with Gasteiger partial charge in [-0.25, -0.2) is 13.6 Å². The molecule has 0 aromatic heterocycles. The lowest BCUT2D eigenvalue weighted by atomic mass is 10.0. The van der Waals surface area contributed by atoms with Gasteiger partial charge in [-0.2, -0.15) is 0 Å². The number of carboxylic acid groups (broad SMARTS) is 1. The van der Waals surface area contributed by atoms with E-state index in [0.717, 1.165) is 18.6 Å². The predicted octanol–water partition coefficient (Wildman–Crippen LogP) is 2.63. The second-order valence-electron chi connectivity index (χ2n) is 4.72. The highest BCUT2D eigenvalue weighted by Gasteiger charge is 2.21. The molecule has 1 rings (SSSR count). The Morgan fingerprint density at radius 3 is 2.32 bits per heavy atom. The lowest BCUT2D eigenvalue weighted by Gasteiger charge is -2.24. The molecule has 0 aliphatic rings. The molecule has 0 saturated carbocycles. The van der Waals surface area contributed by atoms with E-state index in [-0.39, 0.29) is 6.54 Å². The second-order valence-corrected chi connectivity index (χ2v) is 4.72. The average molecular weight is 273 g/mol. The zero-order chi connectivity index (χ0) is 14.6. The van der Waals surface area contributed by atoms with Crippen LogP contribution in [-0.4, -0.2) is 28.3 Å². The quantitative estimate of drug-likeness (QED) is 0.745. The molecule has 0 amide bonds. The number of hydrogen-bond donors (Lipinski definition) is 3. The van der Waals surface area contributed by atoms with Crippen LogP contribution in [0.4, 0.5) is 14.5 Å². The van der Waals surface area contributed by atoms with Gasteiger partial charge in [0.05, 0.1) is 11.2 Å². The second kappa shape index (κ2) is 5.97. The molecule has 0 aliphatic carbocycles. The molecule has 1 unspecified atom stereocenters. The summed E-state index contributed by atoms with van der Waals surface area (Å²) in [6, 6.07) is 1.48. The van der Waals surface area contributed by atoms with Crippen molar-refractivity contribution in [3.8, 4) is 0 Å². The van der Waals surface area contributed by atoms with Crippen LogP contribution in [0.25, 0.3) is 0 Å². The summed E-state index contributed by atoms with van der Waals surface area (Å²) in [5.74, 6) is -3.39. The molecule has 0 saturated heterocycles. The van der Waals surface area contributed by atoms with Crippen molar-refractivity contribution < 1.29 is 23.8 Å². The number of anilines is 1. The Labute approximate surface area is 110 Å². The maximum absolute atomic E-state index is 13.6. The number of hydrogen-bond acceptors (Lipinski definition) is 3. The Morgan fingerprint density at radius 1 is 1.37 bits per heavy atom. The van der Waals surface area contributed by atoms with Crippen molar-refractivity contribution in [1.29, 1.82) is 0 Å². The highest BCUT2D eigenvalue weighted by atomic mass is 19.1. The van der Waals surface area contributed by atoms with Gasteiger partial charge in [-0.1, -0.05) is 13.3 Å². The third-order valence-electron chi connectivity index (χ3n) is 2.72. The number of benzene rings is 1. The van der Waals surface area contributed by atoms with Gasteiger partial charge in [0, 0.05) is 6.54 Å². The van der Waals surface area contributed by atoms with E-state index in [1.165, 1.54) is 0 Å². The molecular weight excluding hydrogens is 256 g/mol. The van der Waals surface area contributed by atoms with Crippen molar-refractivity contribution in [2.45, 2.75) is 32.3 Å². The Hall–Kier alpha value is -1.69. The number of carboxylic acids is 1. The van der Waals surface area contributed by atoms with Gasteiger partial charge in [0.25, 0.3) is 0 Å². The molecule has 6 heteroatoms. The standard InChI is InChI=1S/C13H17F2NO3/c1-3-4-13(2,19)7-16-11-9(14)5-8(12(17)18)6-10(11)15/h5-6,16,19H,3-4,7H2,1-2H3,(H,17,18). The zero-order valence-electron chi connectivity index (χ0n) is 10.8. The molecule has 1 atom stereocenters. The first kappa shape index (κ1) is 15.4. The van der Waals surface area contributed by atoms with Gasteiger partial charge in [0.15, 0.2) is 0 Å². The van der Waals surface area contributed by atoms with Crippen LogP contribution in [0.15, 0.2) is 12.1 Å². The molecule has 0 radical (unpaired) electrons. The normalized spacial score (nSPS) is 13.9. The third kappa shape index (κ3) is 4.17. The van der Waals surface area contributed by atoms with Crippen LogP contribution < -0.4 is 5.32 Å². The highest BCUT2D eigenvalue weighted by Crippen LogP contribution is 2.22. The number of nitrogens with one attached hydrogen (secondary N) is 1. The minimum Gasteiger partial charge on any atom is -0.478 e. The summed E-state index contributed by atoms with van der Waals surface area (Å²) < 4.78 is 27.2. The molecule has 1 aromatic carbocycles. The Kier molecular flexibility index (Phi) is 4.83. The first-order valence-electron chi connectivity index (χ1n) is 5.95. The van der Waals surface area contributed by atoms with E-state index >= 15 is 0 Å². The molecule has 0 fully saturated rings. The lowest BCUT2D eigenvalue weighted by molar-refractivity contribution is 0.0634. The van der Waals surface area contributed by atoms with E-state index in [0.29, 0.717) is 6.42 Å². The number of aliphatic hydroxyl groups is 1. The number of aromatic carboxylic acids is 1. The molecule has 0 spiro atoms. The van der Waals surface area contributed by atoms with Crippen molar-refractivity contribution in [2.75, 3.05) is 11.9 Å². The SMILES string of the molecule is CCCC(C)(O)CNc1c(F)cc(C(=O)O)cc1F. The Bertz CT molecular complexity index is 452. The summed E-state index contributed by atoms with van der Waals surface area (Å²) in [4.78, 5) is 10.6. The fraction of sp³-hybridized carbons (Fsp3) is 0.462. The van der Waals surface area contributed by atoms with Crippen LogP contribution in [0.3, 0.4) is 0 Å². The van der Waals surface area contributed by atoms with Crippen LogP contribution in [0.2, 0.25) is 0 Å². The molecule has 0 heterocycles. The van der Waals surface area contributed by atoms with E-state index in [1.807, 2.05) is 6.92 Å². The first-order chi connectivity index (χ1) is 8.76. The summed E-state index contributed by atoms with van der Waals surface area (Å²) in [6.07, 6.45) is 1.22. The van der Waals surface area contributed by atoms with Crippen molar-refractivity contribution in [1.82, 2.24) is 0 Å². The Balaban J connectivity index is 2.88. The van der Waals surface area contributed by atoms with Crippen LogP contribution in [0.1, 0.15) is 37.0 Å². The van der Waals surface area contributed by atoms with Crippen LogP contribution >= 0.6 is 0 Å². The van der Waals surface area contributed by atoms with Crippen molar-refractivity contribution >= 4 is 11.7 Å². The summed E-state index contributed by atoms with van der Waals surface area (Å²) >= 11 is 0. The molecule has 106 valence electrons. The van der Waals surface area contributed by atoms with Gasteiger partial charge in [0.2, 0.25) is 0 Å². The van der Waals surface area contributed by atoms with Crippen LogP contribution in [-0.2, 0) is 0 Å². The van der Waals surface area contributed by atoms with Crippen LogP contribution in [0.5, 0.6) is 0 Å². The average Bonchev–Trinajstić information content (AvgIpc) is 2.27. The van der Waals surface area contributed by atoms with Crippen molar-refractivity contribution in [3.63, 3.8) is 0 Å². The maximum Gasteiger partial charge on any atom is 0.335 e. The predicted molar refractivity (Wildman–Crippen MR) is 67.3 cm³/mol. The van der Waals surface area contributed by atoms with E-state index in [2.05, 4.69) is 5.32 Å². The first-order valence-corrected chi connectivity index (χ1v) is 5.95. The maximum atomic E-state index is 13.6. The molecule has 1 aromatic rings. The van der Waals surface area contributed by atoms with E-state index < -0.39 is 34.5 Å². The van der Waals surface area contributed by atoms with Crippen molar-refractivity contribution in [2.24, 2.45) is 0 Å². The van der Waals surface area contributed by atoms with Crippen molar-refractivity contribution in [3.05, 3.63) is 29.3 Å². The monoisotopic (exact) mass is 273 g/mol. The van der Waals surface area contributed by atoms with Gasteiger partial charge in [-0.3, -0.25) is 0 Å². The summed E-state index contributed by atoms with van der Waals surface area (Å²) in [6.45, 7) is 3.42. The van der Waals surface area contributed by atoms with Crippen LogP contribution in [0, 0.1) is 11.6 Å². The molecule has 0 bridgehead atoms. The minimum atomic E-state index is -1.40. The van der Waals surface area contributed by atoms with Gasteiger partial charge in [-0.05, 0) is 25.5 Å². The molecule has 0 aliphatic heterocycles. The summed E-state index contributed by atoms with van der Waals surface area (Å²) in [5.41, 5.74) is -1.97. The molecular formula is C13H17F2NO3. The molecule has 19 heavy (non-hydrogen) atoms. The molecule has 4 nitrogen and oxygen atoms in total. The largest absolute Gasteiger partial charge is 0.478 e. The number of halogens is 2. The number of carbonyl (C=O) groups is 1. The number of rotatable bonds is 6. The van der Waals surface area contributed by atoms with E-state index in [4.69, 9.17) is 5.11 Å². The molecule has 3 N–H and O–H groups in total. The zero-order valence-corrected chi connectivity index (χ0v) is 10.8.